The molecule has 0 aliphatic carbocycles. The molecule has 2 N–H and O–H groups in total. The highest BCUT2D eigenvalue weighted by Gasteiger charge is 2.29. The van der Waals surface area contributed by atoms with Crippen molar-refractivity contribution in [2.24, 2.45) is 4.99 Å². The Labute approximate surface area is 136 Å². The second-order valence-electron chi connectivity index (χ2n) is 6.12. The van der Waals surface area contributed by atoms with Crippen LogP contribution in [0.2, 0.25) is 0 Å². The van der Waals surface area contributed by atoms with Gasteiger partial charge in [0.25, 0.3) is 0 Å². The van der Waals surface area contributed by atoms with Crippen molar-refractivity contribution in [1.82, 2.24) is 10.2 Å². The second-order valence-corrected chi connectivity index (χ2v) is 6.12. The third-order valence-corrected chi connectivity index (χ3v) is 4.19. The molecule has 23 heavy (non-hydrogen) atoms. The first-order valence-corrected chi connectivity index (χ1v) is 8.12. The third-order valence-electron chi connectivity index (χ3n) is 4.19. The fraction of sp³-hybridized carbons (Fsp3) is 0.471. The van der Waals surface area contributed by atoms with E-state index in [2.05, 4.69) is 20.5 Å². The normalized spacial score (nSPS) is 21.4. The quantitative estimate of drug-likeness (QED) is 0.872. The summed E-state index contributed by atoms with van der Waals surface area (Å²) in [6.45, 7) is 3.75. The number of carbonyl (C=O) groups excluding carboxylic acids is 2. The van der Waals surface area contributed by atoms with E-state index in [4.69, 9.17) is 0 Å². The first-order valence-electron chi connectivity index (χ1n) is 8.12. The van der Waals surface area contributed by atoms with Gasteiger partial charge in [-0.2, -0.15) is 0 Å². The fourth-order valence-corrected chi connectivity index (χ4v) is 2.86. The number of rotatable bonds is 2. The Morgan fingerprint density at radius 1 is 1.22 bits per heavy atom. The largest absolute Gasteiger partial charge is 0.343 e. The van der Waals surface area contributed by atoms with E-state index in [1.54, 1.807) is 0 Å². The molecule has 6 heteroatoms. The van der Waals surface area contributed by atoms with Crippen LogP contribution in [0.4, 0.5) is 5.69 Å². The summed E-state index contributed by atoms with van der Waals surface area (Å²) in [5, 5.41) is 5.64. The monoisotopic (exact) mass is 314 g/mol. The van der Waals surface area contributed by atoms with Crippen LogP contribution >= 0.6 is 0 Å². The van der Waals surface area contributed by atoms with Crippen LogP contribution in [0.1, 0.15) is 31.2 Å². The van der Waals surface area contributed by atoms with Crippen LogP contribution in [0.25, 0.3) is 0 Å². The van der Waals surface area contributed by atoms with E-state index in [1.807, 2.05) is 31.2 Å². The van der Waals surface area contributed by atoms with Gasteiger partial charge in [-0.3, -0.25) is 14.9 Å². The number of aliphatic imine (C=N–C) groups is 1. The van der Waals surface area contributed by atoms with Crippen LogP contribution in [-0.2, 0) is 9.59 Å². The maximum absolute atomic E-state index is 12.4. The maximum atomic E-state index is 12.4. The van der Waals surface area contributed by atoms with E-state index < -0.39 is 6.04 Å². The highest BCUT2D eigenvalue weighted by molar-refractivity contribution is 6.05. The first-order chi connectivity index (χ1) is 11.1. The number of carbonyl (C=O) groups is 2. The summed E-state index contributed by atoms with van der Waals surface area (Å²) in [6, 6.07) is 6.91. The lowest BCUT2D eigenvalue weighted by atomic mass is 10.1. The summed E-state index contributed by atoms with van der Waals surface area (Å²) < 4.78 is 0. The summed E-state index contributed by atoms with van der Waals surface area (Å²) >= 11 is 0. The Balaban J connectivity index is 1.70. The van der Waals surface area contributed by atoms with E-state index in [9.17, 15) is 9.59 Å². The number of hydrogen-bond donors (Lipinski definition) is 2. The molecule has 2 aliphatic heterocycles. The number of guanidine groups is 1. The molecule has 0 spiro atoms. The number of likely N-dealkylation sites (tertiary alicyclic amines) is 1. The summed E-state index contributed by atoms with van der Waals surface area (Å²) in [4.78, 5) is 30.9. The molecule has 1 saturated heterocycles. The zero-order valence-corrected chi connectivity index (χ0v) is 13.3. The molecular formula is C17H22N4O2. The molecule has 1 aromatic rings. The number of hydrogen-bond acceptors (Lipinski definition) is 4. The van der Waals surface area contributed by atoms with E-state index in [1.165, 1.54) is 6.42 Å². The average molecular weight is 314 g/mol. The number of piperidine rings is 1. The van der Waals surface area contributed by atoms with Gasteiger partial charge in [0.1, 0.15) is 6.04 Å². The van der Waals surface area contributed by atoms with E-state index >= 15 is 0 Å². The van der Waals surface area contributed by atoms with Crippen molar-refractivity contribution >= 4 is 23.5 Å². The highest BCUT2D eigenvalue weighted by Crippen LogP contribution is 2.15. The molecule has 0 unspecified atom stereocenters. The van der Waals surface area contributed by atoms with Gasteiger partial charge in [0.15, 0.2) is 0 Å². The van der Waals surface area contributed by atoms with Gasteiger partial charge in [0.2, 0.25) is 17.8 Å². The van der Waals surface area contributed by atoms with E-state index in [-0.39, 0.29) is 18.2 Å². The Hall–Kier alpha value is -2.37. The van der Waals surface area contributed by atoms with Crippen molar-refractivity contribution in [2.45, 2.75) is 38.6 Å². The topological polar surface area (TPSA) is 73.8 Å². The number of benzene rings is 1. The summed E-state index contributed by atoms with van der Waals surface area (Å²) in [7, 11) is 0. The molecule has 1 fully saturated rings. The molecular weight excluding hydrogens is 292 g/mol. The fourth-order valence-electron chi connectivity index (χ4n) is 2.86. The zero-order chi connectivity index (χ0) is 16.2. The SMILES string of the molecule is Cc1ccc(NC(=O)[C@H]2CC(=O)NC(N3CCCCC3)=N2)cc1. The van der Waals surface area contributed by atoms with Gasteiger partial charge >= 0.3 is 0 Å². The Morgan fingerprint density at radius 2 is 1.91 bits per heavy atom. The number of anilines is 1. The summed E-state index contributed by atoms with van der Waals surface area (Å²) in [5.74, 6) is 0.160. The number of aryl methyl sites for hydroxylation is 1. The molecule has 6 nitrogen and oxygen atoms in total. The second kappa shape index (κ2) is 6.81. The number of nitrogens with one attached hydrogen (secondary N) is 2. The Morgan fingerprint density at radius 3 is 2.61 bits per heavy atom. The van der Waals surface area contributed by atoms with Gasteiger partial charge in [-0.25, -0.2) is 4.99 Å². The lowest BCUT2D eigenvalue weighted by Crippen LogP contribution is -2.51. The van der Waals surface area contributed by atoms with Crippen LogP contribution in [0.5, 0.6) is 0 Å². The van der Waals surface area contributed by atoms with Crippen molar-refractivity contribution in [3.05, 3.63) is 29.8 Å². The average Bonchev–Trinajstić information content (AvgIpc) is 2.57. The van der Waals surface area contributed by atoms with Crippen molar-refractivity contribution in [1.29, 1.82) is 0 Å². The molecule has 122 valence electrons. The smallest absolute Gasteiger partial charge is 0.249 e. The van der Waals surface area contributed by atoms with Gasteiger partial charge in [0.05, 0.1) is 6.42 Å². The molecule has 2 amide bonds. The summed E-state index contributed by atoms with van der Waals surface area (Å²) in [5.41, 5.74) is 1.85. The molecule has 0 bridgehead atoms. The minimum Gasteiger partial charge on any atom is -0.343 e. The van der Waals surface area contributed by atoms with E-state index in [0.29, 0.717) is 5.96 Å². The predicted molar refractivity (Wildman–Crippen MR) is 89.2 cm³/mol. The Kier molecular flexibility index (Phi) is 4.60. The van der Waals surface area contributed by atoms with Gasteiger partial charge in [-0.1, -0.05) is 17.7 Å². The standard InChI is InChI=1S/C17H22N4O2/c1-12-5-7-13(8-6-12)18-16(23)14-11-15(22)20-17(19-14)21-9-3-2-4-10-21/h5-8,14H,2-4,9-11H2,1H3,(H,18,23)(H,19,20,22)/t14-/m1/s1. The molecule has 1 atom stereocenters. The molecule has 2 aliphatic rings. The molecule has 3 rings (SSSR count). The van der Waals surface area contributed by atoms with Crippen LogP contribution in [0, 0.1) is 6.92 Å². The van der Waals surface area contributed by atoms with Gasteiger partial charge in [0, 0.05) is 18.8 Å². The maximum Gasteiger partial charge on any atom is 0.249 e. The summed E-state index contributed by atoms with van der Waals surface area (Å²) in [6.07, 6.45) is 3.48. The van der Waals surface area contributed by atoms with Crippen molar-refractivity contribution in [3.63, 3.8) is 0 Å². The lowest BCUT2D eigenvalue weighted by molar-refractivity contribution is -0.125. The van der Waals surface area contributed by atoms with Crippen molar-refractivity contribution < 1.29 is 9.59 Å². The van der Waals surface area contributed by atoms with Crippen LogP contribution < -0.4 is 10.6 Å². The van der Waals surface area contributed by atoms with Gasteiger partial charge < -0.3 is 10.2 Å². The lowest BCUT2D eigenvalue weighted by Gasteiger charge is -2.32. The van der Waals surface area contributed by atoms with Gasteiger partial charge in [-0.05, 0) is 38.3 Å². The molecule has 1 aromatic carbocycles. The minimum absolute atomic E-state index is 0.0923. The van der Waals surface area contributed by atoms with Gasteiger partial charge in [-0.15, -0.1) is 0 Å². The molecule has 0 aromatic heterocycles. The van der Waals surface area contributed by atoms with Crippen LogP contribution in [0.15, 0.2) is 29.3 Å². The first kappa shape index (κ1) is 15.5. The van der Waals surface area contributed by atoms with Crippen LogP contribution in [-0.4, -0.2) is 41.8 Å². The molecule has 2 heterocycles. The van der Waals surface area contributed by atoms with E-state index in [0.717, 1.165) is 37.2 Å². The molecule has 0 saturated carbocycles. The molecule has 0 radical (unpaired) electrons. The minimum atomic E-state index is -0.665. The van der Waals surface area contributed by atoms with Crippen molar-refractivity contribution in [3.8, 4) is 0 Å². The zero-order valence-electron chi connectivity index (χ0n) is 13.3. The Bertz CT molecular complexity index is 618. The van der Waals surface area contributed by atoms with Crippen LogP contribution in [0.3, 0.4) is 0 Å². The predicted octanol–water partition coefficient (Wildman–Crippen LogP) is 1.66. The number of nitrogens with zero attached hydrogens (tertiary/aromatic N) is 2. The highest BCUT2D eigenvalue weighted by atomic mass is 16.2. The van der Waals surface area contributed by atoms with Crippen molar-refractivity contribution in [2.75, 3.05) is 18.4 Å². The number of amides is 2. The third kappa shape index (κ3) is 3.88.